The Kier molecular flexibility index (Phi) is 7.68. The van der Waals surface area contributed by atoms with Gasteiger partial charge in [0, 0.05) is 10.7 Å². The first-order valence-corrected chi connectivity index (χ1v) is 10.1. The van der Waals surface area contributed by atoms with Crippen molar-refractivity contribution in [2.24, 2.45) is 0 Å². The molecule has 8 heteroatoms. The molecule has 0 radical (unpaired) electrons. The Morgan fingerprint density at radius 1 is 1.06 bits per heavy atom. The Bertz CT molecular complexity index is 1230. The lowest BCUT2D eigenvalue weighted by Gasteiger charge is -2.12. The van der Waals surface area contributed by atoms with E-state index in [2.05, 4.69) is 5.32 Å². The van der Waals surface area contributed by atoms with E-state index in [-0.39, 0.29) is 17.7 Å². The molecule has 2 N–H and O–H groups in total. The number of ether oxygens (including phenoxy) is 2. The van der Waals surface area contributed by atoms with Crippen LogP contribution in [-0.4, -0.2) is 24.1 Å². The zero-order valence-corrected chi connectivity index (χ0v) is 18.3. The molecule has 0 unspecified atom stereocenters. The van der Waals surface area contributed by atoms with Gasteiger partial charge in [-0.05, 0) is 65.7 Å². The van der Waals surface area contributed by atoms with E-state index in [4.69, 9.17) is 26.2 Å². The van der Waals surface area contributed by atoms with E-state index in [9.17, 15) is 14.9 Å². The van der Waals surface area contributed by atoms with Crippen molar-refractivity contribution in [3.8, 4) is 17.6 Å². The summed E-state index contributed by atoms with van der Waals surface area (Å²) in [6, 6.07) is 19.8. The lowest BCUT2D eigenvalue weighted by atomic mass is 10.1. The number of hydrogen-bond donors (Lipinski definition) is 2. The summed E-state index contributed by atoms with van der Waals surface area (Å²) in [5.74, 6) is -0.669. The largest absolute Gasteiger partial charge is 0.493 e. The van der Waals surface area contributed by atoms with Crippen LogP contribution in [0.1, 0.15) is 21.5 Å². The SMILES string of the molecule is COc1cc(/C=C(/C#N)C(=O)Nc2ccc(Cl)cc2)ccc1OCc1ccc(C(=O)O)cc1. The quantitative estimate of drug-likeness (QED) is 0.353. The standard InChI is InChI=1S/C25H19ClN2O5/c1-32-23-13-17(12-19(14-27)24(29)28-21-9-7-20(26)8-10-21)4-11-22(23)33-15-16-2-5-18(6-3-16)25(30)31/h2-13H,15H2,1H3,(H,28,29)(H,30,31)/b19-12-. The smallest absolute Gasteiger partial charge is 0.335 e. The molecule has 166 valence electrons. The first kappa shape index (κ1) is 23.4. The summed E-state index contributed by atoms with van der Waals surface area (Å²) in [5.41, 5.74) is 1.99. The number of hydrogen-bond acceptors (Lipinski definition) is 5. The van der Waals surface area contributed by atoms with Gasteiger partial charge in [0.25, 0.3) is 5.91 Å². The summed E-state index contributed by atoms with van der Waals surface area (Å²) in [6.07, 6.45) is 1.45. The van der Waals surface area contributed by atoms with Crippen LogP contribution in [0.4, 0.5) is 5.69 Å². The van der Waals surface area contributed by atoms with Gasteiger partial charge < -0.3 is 19.9 Å². The van der Waals surface area contributed by atoms with Crippen molar-refractivity contribution < 1.29 is 24.2 Å². The van der Waals surface area contributed by atoms with E-state index in [1.807, 2.05) is 6.07 Å². The molecule has 0 aliphatic carbocycles. The van der Waals surface area contributed by atoms with E-state index < -0.39 is 11.9 Å². The van der Waals surface area contributed by atoms with Crippen LogP contribution in [0.5, 0.6) is 11.5 Å². The number of methoxy groups -OCH3 is 1. The average molecular weight is 463 g/mol. The molecule has 0 fully saturated rings. The fourth-order valence-electron chi connectivity index (χ4n) is 2.84. The van der Waals surface area contributed by atoms with Gasteiger partial charge in [0.15, 0.2) is 11.5 Å². The minimum atomic E-state index is -0.994. The maximum Gasteiger partial charge on any atom is 0.335 e. The van der Waals surface area contributed by atoms with Crippen molar-refractivity contribution in [3.63, 3.8) is 0 Å². The third kappa shape index (κ3) is 6.35. The molecule has 7 nitrogen and oxygen atoms in total. The first-order chi connectivity index (χ1) is 15.9. The van der Waals surface area contributed by atoms with Crippen molar-refractivity contribution in [2.75, 3.05) is 12.4 Å². The summed E-state index contributed by atoms with van der Waals surface area (Å²) in [7, 11) is 1.48. The topological polar surface area (TPSA) is 109 Å². The van der Waals surface area contributed by atoms with Crippen LogP contribution in [0.2, 0.25) is 5.02 Å². The highest BCUT2D eigenvalue weighted by Crippen LogP contribution is 2.30. The van der Waals surface area contributed by atoms with Crippen molar-refractivity contribution in [1.82, 2.24) is 0 Å². The molecule has 0 heterocycles. The number of nitrogens with zero attached hydrogens (tertiary/aromatic N) is 1. The molecular weight excluding hydrogens is 444 g/mol. The number of halogens is 1. The molecule has 33 heavy (non-hydrogen) atoms. The van der Waals surface area contributed by atoms with Crippen LogP contribution >= 0.6 is 11.6 Å². The third-order valence-electron chi connectivity index (χ3n) is 4.56. The van der Waals surface area contributed by atoms with Crippen LogP contribution in [-0.2, 0) is 11.4 Å². The molecule has 3 aromatic rings. The van der Waals surface area contributed by atoms with Gasteiger partial charge >= 0.3 is 5.97 Å². The number of aromatic carboxylic acids is 1. The second-order valence-corrected chi connectivity index (χ2v) is 7.27. The van der Waals surface area contributed by atoms with E-state index in [0.29, 0.717) is 27.8 Å². The minimum absolute atomic E-state index is 0.0841. The number of carbonyl (C=O) groups excluding carboxylic acids is 1. The van der Waals surface area contributed by atoms with Gasteiger partial charge in [-0.3, -0.25) is 4.79 Å². The number of carboxylic acid groups (broad SMARTS) is 1. The third-order valence-corrected chi connectivity index (χ3v) is 4.81. The zero-order valence-electron chi connectivity index (χ0n) is 17.5. The number of rotatable bonds is 8. The normalized spacial score (nSPS) is 10.8. The molecule has 0 aliphatic rings. The fourth-order valence-corrected chi connectivity index (χ4v) is 2.97. The highest BCUT2D eigenvalue weighted by molar-refractivity contribution is 6.30. The van der Waals surface area contributed by atoms with Gasteiger partial charge in [-0.25, -0.2) is 4.79 Å². The van der Waals surface area contributed by atoms with Gasteiger partial charge in [-0.15, -0.1) is 0 Å². The van der Waals surface area contributed by atoms with E-state index in [1.54, 1.807) is 54.6 Å². The molecule has 0 saturated carbocycles. The molecule has 0 saturated heterocycles. The van der Waals surface area contributed by atoms with Gasteiger partial charge in [0.2, 0.25) is 0 Å². The van der Waals surface area contributed by atoms with Gasteiger partial charge in [0.1, 0.15) is 18.2 Å². The minimum Gasteiger partial charge on any atom is -0.493 e. The number of carbonyl (C=O) groups is 2. The highest BCUT2D eigenvalue weighted by Gasteiger charge is 2.12. The van der Waals surface area contributed by atoms with Gasteiger partial charge in [-0.1, -0.05) is 29.8 Å². The molecule has 0 bridgehead atoms. The molecule has 0 aliphatic heterocycles. The summed E-state index contributed by atoms with van der Waals surface area (Å²) < 4.78 is 11.2. The molecule has 0 atom stereocenters. The predicted molar refractivity (Wildman–Crippen MR) is 124 cm³/mol. The molecule has 0 aromatic heterocycles. The number of anilines is 1. The van der Waals surface area contributed by atoms with Crippen molar-refractivity contribution in [3.05, 3.63) is 94.0 Å². The summed E-state index contributed by atoms with van der Waals surface area (Å²) >= 11 is 5.84. The molecule has 3 aromatic carbocycles. The fraction of sp³-hybridized carbons (Fsp3) is 0.0800. The highest BCUT2D eigenvalue weighted by atomic mass is 35.5. The monoisotopic (exact) mass is 462 g/mol. The molecule has 1 amide bonds. The maximum atomic E-state index is 12.5. The van der Waals surface area contributed by atoms with E-state index in [1.165, 1.54) is 25.3 Å². The van der Waals surface area contributed by atoms with Gasteiger partial charge in [0.05, 0.1) is 12.7 Å². The predicted octanol–water partition coefficient (Wildman–Crippen LogP) is 5.17. The first-order valence-electron chi connectivity index (χ1n) is 9.71. The number of carboxylic acids is 1. The van der Waals surface area contributed by atoms with E-state index in [0.717, 1.165) is 5.56 Å². The van der Waals surface area contributed by atoms with Crippen molar-refractivity contribution >= 4 is 35.2 Å². The Labute approximate surface area is 195 Å². The lowest BCUT2D eigenvalue weighted by molar-refractivity contribution is -0.112. The molecule has 0 spiro atoms. The molecule has 3 rings (SSSR count). The Morgan fingerprint density at radius 3 is 2.36 bits per heavy atom. The van der Waals surface area contributed by atoms with Crippen molar-refractivity contribution in [2.45, 2.75) is 6.61 Å². The van der Waals surface area contributed by atoms with Crippen LogP contribution in [0, 0.1) is 11.3 Å². The maximum absolute atomic E-state index is 12.5. The number of nitriles is 1. The van der Waals surface area contributed by atoms with Gasteiger partial charge in [-0.2, -0.15) is 5.26 Å². The van der Waals surface area contributed by atoms with Crippen LogP contribution in [0.25, 0.3) is 6.08 Å². The second-order valence-electron chi connectivity index (χ2n) is 6.83. The number of amides is 1. The van der Waals surface area contributed by atoms with Crippen molar-refractivity contribution in [1.29, 1.82) is 5.26 Å². The zero-order chi connectivity index (χ0) is 23.8. The Morgan fingerprint density at radius 2 is 1.76 bits per heavy atom. The Hall–Kier alpha value is -4.28. The summed E-state index contributed by atoms with van der Waals surface area (Å²) in [6.45, 7) is 0.207. The second kappa shape index (κ2) is 10.8. The molecular formula is C25H19ClN2O5. The summed E-state index contributed by atoms with van der Waals surface area (Å²) in [5, 5.41) is 21.6. The number of benzene rings is 3. The van der Waals surface area contributed by atoms with Crippen LogP contribution in [0.3, 0.4) is 0 Å². The summed E-state index contributed by atoms with van der Waals surface area (Å²) in [4.78, 5) is 23.4. The van der Waals surface area contributed by atoms with E-state index >= 15 is 0 Å². The lowest BCUT2D eigenvalue weighted by Crippen LogP contribution is -2.13. The van der Waals surface area contributed by atoms with Crippen LogP contribution in [0.15, 0.2) is 72.3 Å². The average Bonchev–Trinajstić information content (AvgIpc) is 2.83. The Balaban J connectivity index is 1.72. The van der Waals surface area contributed by atoms with Crippen LogP contribution < -0.4 is 14.8 Å². The number of nitrogens with one attached hydrogen (secondary N) is 1.